The SMILES string of the molecule is CC(=O)Nc1ccccc1SCC(N)=O. The van der Waals surface area contributed by atoms with Crippen molar-refractivity contribution < 1.29 is 9.59 Å². The highest BCUT2D eigenvalue weighted by atomic mass is 32.2. The van der Waals surface area contributed by atoms with E-state index in [4.69, 9.17) is 5.73 Å². The Morgan fingerprint density at radius 1 is 1.40 bits per heavy atom. The number of para-hydroxylation sites is 1. The number of hydrogen-bond acceptors (Lipinski definition) is 3. The van der Waals surface area contributed by atoms with E-state index < -0.39 is 0 Å². The summed E-state index contributed by atoms with van der Waals surface area (Å²) in [5, 5.41) is 2.69. The van der Waals surface area contributed by atoms with Gasteiger partial charge in [0.1, 0.15) is 0 Å². The van der Waals surface area contributed by atoms with E-state index in [-0.39, 0.29) is 17.6 Å². The molecule has 0 aliphatic heterocycles. The molecule has 0 aliphatic rings. The Morgan fingerprint density at radius 3 is 2.67 bits per heavy atom. The van der Waals surface area contributed by atoms with Crippen molar-refractivity contribution in [3.05, 3.63) is 24.3 Å². The molecule has 15 heavy (non-hydrogen) atoms. The Balaban J connectivity index is 2.76. The first-order chi connectivity index (χ1) is 7.09. The Kier molecular flexibility index (Phi) is 4.17. The molecule has 0 aliphatic carbocycles. The van der Waals surface area contributed by atoms with Crippen molar-refractivity contribution >= 4 is 29.3 Å². The molecule has 5 heteroatoms. The van der Waals surface area contributed by atoms with Gasteiger partial charge in [-0.3, -0.25) is 9.59 Å². The number of nitrogens with one attached hydrogen (secondary N) is 1. The molecule has 0 saturated carbocycles. The molecule has 2 amide bonds. The van der Waals surface area contributed by atoms with Crippen molar-refractivity contribution in [2.45, 2.75) is 11.8 Å². The van der Waals surface area contributed by atoms with Crippen molar-refractivity contribution in [3.63, 3.8) is 0 Å². The third kappa shape index (κ3) is 4.03. The second-order valence-corrected chi connectivity index (χ2v) is 3.95. The molecule has 1 rings (SSSR count). The second-order valence-electron chi connectivity index (χ2n) is 2.93. The molecule has 3 N–H and O–H groups in total. The van der Waals surface area contributed by atoms with Gasteiger partial charge in [0.2, 0.25) is 11.8 Å². The van der Waals surface area contributed by atoms with Crippen LogP contribution >= 0.6 is 11.8 Å². The quantitative estimate of drug-likeness (QED) is 0.755. The fourth-order valence-electron chi connectivity index (χ4n) is 1.03. The van der Waals surface area contributed by atoms with Gasteiger partial charge in [0.05, 0.1) is 11.4 Å². The number of primary amides is 1. The number of rotatable bonds is 4. The highest BCUT2D eigenvalue weighted by Gasteiger charge is 2.04. The molecular weight excluding hydrogens is 212 g/mol. The molecule has 4 nitrogen and oxygen atoms in total. The lowest BCUT2D eigenvalue weighted by Gasteiger charge is -2.07. The number of anilines is 1. The number of amides is 2. The Morgan fingerprint density at radius 2 is 2.07 bits per heavy atom. The van der Waals surface area contributed by atoms with Crippen LogP contribution in [0.4, 0.5) is 5.69 Å². The van der Waals surface area contributed by atoms with Gasteiger partial charge in [-0.25, -0.2) is 0 Å². The van der Waals surface area contributed by atoms with Crippen molar-refractivity contribution in [2.24, 2.45) is 5.73 Å². The van der Waals surface area contributed by atoms with Crippen LogP contribution in [-0.4, -0.2) is 17.6 Å². The summed E-state index contributed by atoms with van der Waals surface area (Å²) in [6.07, 6.45) is 0. The maximum Gasteiger partial charge on any atom is 0.227 e. The summed E-state index contributed by atoms with van der Waals surface area (Å²) in [4.78, 5) is 22.4. The summed E-state index contributed by atoms with van der Waals surface area (Å²) in [7, 11) is 0. The lowest BCUT2D eigenvalue weighted by Crippen LogP contribution is -2.13. The predicted octanol–water partition coefficient (Wildman–Crippen LogP) is 1.22. The van der Waals surface area contributed by atoms with E-state index in [1.54, 1.807) is 6.07 Å². The minimum atomic E-state index is -0.377. The molecule has 0 aromatic heterocycles. The van der Waals surface area contributed by atoms with Gasteiger partial charge in [-0.05, 0) is 12.1 Å². The minimum absolute atomic E-state index is 0.137. The van der Waals surface area contributed by atoms with Gasteiger partial charge >= 0.3 is 0 Å². The Hall–Kier alpha value is -1.49. The number of hydrogen-bond donors (Lipinski definition) is 2. The third-order valence-electron chi connectivity index (χ3n) is 1.57. The molecule has 1 aromatic carbocycles. The highest BCUT2D eigenvalue weighted by Crippen LogP contribution is 2.26. The van der Waals surface area contributed by atoms with Crippen LogP contribution in [0.25, 0.3) is 0 Å². The van der Waals surface area contributed by atoms with Gasteiger partial charge in [0.15, 0.2) is 0 Å². The van der Waals surface area contributed by atoms with Crippen LogP contribution in [0.1, 0.15) is 6.92 Å². The largest absolute Gasteiger partial charge is 0.369 e. The molecule has 0 heterocycles. The Labute approximate surface area is 92.2 Å². The van der Waals surface area contributed by atoms with Crippen LogP contribution in [0.2, 0.25) is 0 Å². The zero-order chi connectivity index (χ0) is 11.3. The molecule has 0 radical (unpaired) electrons. The maximum atomic E-state index is 10.9. The van der Waals surface area contributed by atoms with Gasteiger partial charge in [0.25, 0.3) is 0 Å². The van der Waals surface area contributed by atoms with Crippen molar-refractivity contribution in [2.75, 3.05) is 11.1 Å². The zero-order valence-corrected chi connectivity index (χ0v) is 9.14. The molecule has 0 atom stereocenters. The van der Waals surface area contributed by atoms with Crippen molar-refractivity contribution in [1.29, 1.82) is 0 Å². The van der Waals surface area contributed by atoms with E-state index in [0.717, 1.165) is 4.90 Å². The van der Waals surface area contributed by atoms with Crippen LogP contribution in [0.5, 0.6) is 0 Å². The minimum Gasteiger partial charge on any atom is -0.369 e. The summed E-state index contributed by atoms with van der Waals surface area (Å²) in [5.41, 5.74) is 5.75. The molecule has 80 valence electrons. The van der Waals surface area contributed by atoms with Gasteiger partial charge in [-0.15, -0.1) is 11.8 Å². The average Bonchev–Trinajstić information content (AvgIpc) is 2.15. The fourth-order valence-corrected chi connectivity index (χ4v) is 1.78. The topological polar surface area (TPSA) is 72.2 Å². The summed E-state index contributed by atoms with van der Waals surface area (Å²) < 4.78 is 0. The van der Waals surface area contributed by atoms with Crippen molar-refractivity contribution in [1.82, 2.24) is 0 Å². The molecule has 0 bridgehead atoms. The second kappa shape index (κ2) is 5.41. The van der Waals surface area contributed by atoms with E-state index in [0.29, 0.717) is 5.69 Å². The first-order valence-electron chi connectivity index (χ1n) is 4.37. The molecular formula is C10H12N2O2S. The summed E-state index contributed by atoms with van der Waals surface area (Å²) in [6, 6.07) is 7.28. The van der Waals surface area contributed by atoms with Gasteiger partial charge in [0, 0.05) is 11.8 Å². The van der Waals surface area contributed by atoms with Crippen LogP contribution in [0, 0.1) is 0 Å². The third-order valence-corrected chi connectivity index (χ3v) is 2.66. The number of carbonyl (C=O) groups excluding carboxylic acids is 2. The van der Waals surface area contributed by atoms with E-state index >= 15 is 0 Å². The van der Waals surface area contributed by atoms with Crippen LogP contribution in [0.3, 0.4) is 0 Å². The molecule has 1 aromatic rings. The monoisotopic (exact) mass is 224 g/mol. The smallest absolute Gasteiger partial charge is 0.227 e. The van der Waals surface area contributed by atoms with E-state index in [9.17, 15) is 9.59 Å². The maximum absolute atomic E-state index is 10.9. The number of carbonyl (C=O) groups is 2. The first kappa shape index (κ1) is 11.6. The van der Waals surface area contributed by atoms with Gasteiger partial charge in [-0.1, -0.05) is 12.1 Å². The number of nitrogens with two attached hydrogens (primary N) is 1. The number of thioether (sulfide) groups is 1. The van der Waals surface area contributed by atoms with Crippen LogP contribution in [0.15, 0.2) is 29.2 Å². The first-order valence-corrected chi connectivity index (χ1v) is 5.36. The van der Waals surface area contributed by atoms with E-state index in [1.807, 2.05) is 18.2 Å². The summed E-state index contributed by atoms with van der Waals surface area (Å²) in [5.74, 6) is -0.309. The highest BCUT2D eigenvalue weighted by molar-refractivity contribution is 8.00. The molecule has 0 fully saturated rings. The standard InChI is InChI=1S/C10H12N2O2S/c1-7(13)12-8-4-2-3-5-9(8)15-6-10(11)14/h2-5H,6H2,1H3,(H2,11,14)(H,12,13). The molecule has 0 unspecified atom stereocenters. The normalized spacial score (nSPS) is 9.67. The fraction of sp³-hybridized carbons (Fsp3) is 0.200. The zero-order valence-electron chi connectivity index (χ0n) is 8.32. The lowest BCUT2D eigenvalue weighted by atomic mass is 10.3. The van der Waals surface area contributed by atoms with Crippen LogP contribution in [-0.2, 0) is 9.59 Å². The average molecular weight is 224 g/mol. The molecule has 0 spiro atoms. The Bertz CT molecular complexity index is 379. The van der Waals surface area contributed by atoms with E-state index in [1.165, 1.54) is 18.7 Å². The van der Waals surface area contributed by atoms with Gasteiger partial charge < -0.3 is 11.1 Å². The van der Waals surface area contributed by atoms with Gasteiger partial charge in [-0.2, -0.15) is 0 Å². The summed E-state index contributed by atoms with van der Waals surface area (Å²) >= 11 is 1.31. The molecule has 0 saturated heterocycles. The van der Waals surface area contributed by atoms with Crippen molar-refractivity contribution in [3.8, 4) is 0 Å². The predicted molar refractivity (Wildman–Crippen MR) is 60.7 cm³/mol. The van der Waals surface area contributed by atoms with Crippen LogP contribution < -0.4 is 11.1 Å². The lowest BCUT2D eigenvalue weighted by molar-refractivity contribution is -0.115. The summed E-state index contributed by atoms with van der Waals surface area (Å²) in [6.45, 7) is 1.44. The van der Waals surface area contributed by atoms with E-state index in [2.05, 4.69) is 5.32 Å². The number of benzene rings is 1.